The minimum atomic E-state index is -1.01. The quantitative estimate of drug-likeness (QED) is 0.637. The highest BCUT2D eigenvalue weighted by atomic mass is 32.2. The molecule has 1 aromatic carbocycles. The minimum Gasteiger partial charge on any atom is -0.492 e. The van der Waals surface area contributed by atoms with Gasteiger partial charge in [0, 0.05) is 23.5 Å². The molecule has 0 fully saturated rings. The molecule has 6 heteroatoms. The fourth-order valence-electron chi connectivity index (χ4n) is 1.59. The lowest BCUT2D eigenvalue weighted by Gasteiger charge is -2.09. The number of ether oxygens (including phenoxy) is 3. The molecule has 0 aromatic heterocycles. The van der Waals surface area contributed by atoms with Gasteiger partial charge in [0.05, 0.1) is 6.61 Å². The van der Waals surface area contributed by atoms with Crippen molar-refractivity contribution in [1.82, 2.24) is 0 Å². The maximum absolute atomic E-state index is 10.6. The van der Waals surface area contributed by atoms with E-state index in [2.05, 4.69) is 0 Å². The van der Waals surface area contributed by atoms with Gasteiger partial charge >= 0.3 is 5.97 Å². The number of rotatable bonds is 6. The van der Waals surface area contributed by atoms with E-state index in [1.165, 1.54) is 6.08 Å². The van der Waals surface area contributed by atoms with Crippen LogP contribution in [0.4, 0.5) is 0 Å². The Morgan fingerprint density at radius 1 is 1.47 bits per heavy atom. The van der Waals surface area contributed by atoms with Crippen molar-refractivity contribution in [3.8, 4) is 17.2 Å². The molecule has 0 saturated carbocycles. The Kier molecular flexibility index (Phi) is 4.57. The number of hydrogen-bond acceptors (Lipinski definition) is 5. The molecule has 0 aliphatic carbocycles. The van der Waals surface area contributed by atoms with Gasteiger partial charge in [0.2, 0.25) is 6.79 Å². The van der Waals surface area contributed by atoms with Crippen LogP contribution in [-0.4, -0.2) is 36.5 Å². The first-order valence-corrected chi connectivity index (χ1v) is 7.06. The molecule has 0 bridgehead atoms. The number of carboxylic acid groups (broad SMARTS) is 1. The van der Waals surface area contributed by atoms with Crippen molar-refractivity contribution in [3.05, 3.63) is 23.8 Å². The number of thioether (sulfide) groups is 1. The van der Waals surface area contributed by atoms with Crippen molar-refractivity contribution in [2.75, 3.05) is 25.4 Å². The van der Waals surface area contributed by atoms with Crippen molar-refractivity contribution >= 4 is 23.8 Å². The first kappa shape index (κ1) is 13.6. The Bertz CT molecular complexity index is 498. The van der Waals surface area contributed by atoms with E-state index in [0.717, 1.165) is 11.8 Å². The molecule has 0 atom stereocenters. The highest BCUT2D eigenvalue weighted by Gasteiger charge is 2.17. The van der Waals surface area contributed by atoms with E-state index in [1.807, 2.05) is 6.26 Å². The summed E-state index contributed by atoms with van der Waals surface area (Å²) in [4.78, 5) is 10.6. The molecular weight excluding hydrogens is 268 g/mol. The van der Waals surface area contributed by atoms with E-state index < -0.39 is 5.97 Å². The van der Waals surface area contributed by atoms with E-state index in [0.29, 0.717) is 29.4 Å². The molecule has 0 saturated heterocycles. The fourth-order valence-corrected chi connectivity index (χ4v) is 1.84. The zero-order chi connectivity index (χ0) is 13.7. The SMILES string of the molecule is CSCCOc1cc2c(cc1/C=C/C(=O)O)OCO2. The fraction of sp³-hybridized carbons (Fsp3) is 0.308. The van der Waals surface area contributed by atoms with Gasteiger partial charge in [-0.05, 0) is 18.4 Å². The summed E-state index contributed by atoms with van der Waals surface area (Å²) in [5.74, 6) is 1.66. The Morgan fingerprint density at radius 3 is 2.89 bits per heavy atom. The molecule has 1 aliphatic rings. The molecule has 2 rings (SSSR count). The van der Waals surface area contributed by atoms with Gasteiger partial charge in [0.15, 0.2) is 11.5 Å². The zero-order valence-corrected chi connectivity index (χ0v) is 11.2. The second-order valence-corrected chi connectivity index (χ2v) is 4.74. The number of carbonyl (C=O) groups is 1. The third kappa shape index (κ3) is 3.57. The third-order valence-electron chi connectivity index (χ3n) is 2.46. The van der Waals surface area contributed by atoms with E-state index >= 15 is 0 Å². The third-order valence-corrected chi connectivity index (χ3v) is 3.03. The van der Waals surface area contributed by atoms with Crippen LogP contribution in [0.3, 0.4) is 0 Å². The molecule has 0 unspecified atom stereocenters. The van der Waals surface area contributed by atoms with Crippen LogP contribution >= 0.6 is 11.8 Å². The highest BCUT2D eigenvalue weighted by Crippen LogP contribution is 2.38. The molecule has 0 radical (unpaired) electrons. The van der Waals surface area contributed by atoms with Gasteiger partial charge in [-0.25, -0.2) is 4.79 Å². The van der Waals surface area contributed by atoms with Crippen LogP contribution in [0.5, 0.6) is 17.2 Å². The normalized spacial score (nSPS) is 12.9. The monoisotopic (exact) mass is 282 g/mol. The second-order valence-electron chi connectivity index (χ2n) is 3.76. The molecule has 0 spiro atoms. The van der Waals surface area contributed by atoms with Gasteiger partial charge < -0.3 is 19.3 Å². The standard InChI is InChI=1S/C13H14O5S/c1-19-5-4-16-10-7-12-11(17-8-18-12)6-9(10)2-3-13(14)15/h2-3,6-7H,4-5,8H2,1H3,(H,14,15)/b3-2+. The van der Waals surface area contributed by atoms with Crippen molar-refractivity contribution in [2.45, 2.75) is 0 Å². The van der Waals surface area contributed by atoms with E-state index in [9.17, 15) is 4.79 Å². The lowest BCUT2D eigenvalue weighted by Crippen LogP contribution is -2.01. The van der Waals surface area contributed by atoms with Crippen LogP contribution in [0, 0.1) is 0 Å². The molecular formula is C13H14O5S. The molecule has 19 heavy (non-hydrogen) atoms. The number of benzene rings is 1. The summed E-state index contributed by atoms with van der Waals surface area (Å²) in [7, 11) is 0. The average Bonchev–Trinajstić information content (AvgIpc) is 2.83. The molecule has 0 amide bonds. The van der Waals surface area contributed by atoms with E-state index in [-0.39, 0.29) is 6.79 Å². The topological polar surface area (TPSA) is 65.0 Å². The van der Waals surface area contributed by atoms with Crippen LogP contribution in [0.1, 0.15) is 5.56 Å². The maximum atomic E-state index is 10.6. The Hall–Kier alpha value is -1.82. The molecule has 1 aliphatic heterocycles. The Morgan fingerprint density at radius 2 is 2.21 bits per heavy atom. The average molecular weight is 282 g/mol. The molecule has 1 heterocycles. The number of fused-ring (bicyclic) bond motifs is 1. The smallest absolute Gasteiger partial charge is 0.328 e. The van der Waals surface area contributed by atoms with Crippen molar-refractivity contribution in [1.29, 1.82) is 0 Å². The lowest BCUT2D eigenvalue weighted by molar-refractivity contribution is -0.131. The summed E-state index contributed by atoms with van der Waals surface area (Å²) in [5.41, 5.74) is 0.660. The number of hydrogen-bond donors (Lipinski definition) is 1. The first-order valence-electron chi connectivity index (χ1n) is 5.67. The maximum Gasteiger partial charge on any atom is 0.328 e. The van der Waals surface area contributed by atoms with E-state index in [4.69, 9.17) is 19.3 Å². The number of aliphatic carboxylic acids is 1. The predicted molar refractivity (Wildman–Crippen MR) is 73.1 cm³/mol. The second kappa shape index (κ2) is 6.38. The summed E-state index contributed by atoms with van der Waals surface area (Å²) in [6.07, 6.45) is 4.55. The Labute approximate surface area is 115 Å². The molecule has 1 aromatic rings. The van der Waals surface area contributed by atoms with Crippen LogP contribution in [0.15, 0.2) is 18.2 Å². The van der Waals surface area contributed by atoms with Crippen LogP contribution in [0.25, 0.3) is 6.08 Å². The van der Waals surface area contributed by atoms with Crippen molar-refractivity contribution in [3.63, 3.8) is 0 Å². The van der Waals surface area contributed by atoms with Gasteiger partial charge in [0.1, 0.15) is 5.75 Å². The van der Waals surface area contributed by atoms with Gasteiger partial charge in [-0.1, -0.05) is 0 Å². The molecule has 5 nitrogen and oxygen atoms in total. The zero-order valence-electron chi connectivity index (χ0n) is 10.4. The van der Waals surface area contributed by atoms with Gasteiger partial charge in [-0.2, -0.15) is 11.8 Å². The van der Waals surface area contributed by atoms with Crippen LogP contribution < -0.4 is 14.2 Å². The summed E-state index contributed by atoms with van der Waals surface area (Å²) < 4.78 is 16.2. The van der Waals surface area contributed by atoms with Crippen LogP contribution in [0.2, 0.25) is 0 Å². The minimum absolute atomic E-state index is 0.172. The lowest BCUT2D eigenvalue weighted by atomic mass is 10.1. The summed E-state index contributed by atoms with van der Waals surface area (Å²) >= 11 is 1.68. The van der Waals surface area contributed by atoms with Gasteiger partial charge in [-0.15, -0.1) is 0 Å². The van der Waals surface area contributed by atoms with E-state index in [1.54, 1.807) is 23.9 Å². The largest absolute Gasteiger partial charge is 0.492 e. The molecule has 102 valence electrons. The van der Waals surface area contributed by atoms with Crippen LogP contribution in [-0.2, 0) is 4.79 Å². The highest BCUT2D eigenvalue weighted by molar-refractivity contribution is 7.98. The first-order chi connectivity index (χ1) is 9.20. The number of carboxylic acids is 1. The van der Waals surface area contributed by atoms with Gasteiger partial charge in [0.25, 0.3) is 0 Å². The molecule has 1 N–H and O–H groups in total. The van der Waals surface area contributed by atoms with Crippen molar-refractivity contribution < 1.29 is 24.1 Å². The predicted octanol–water partition coefficient (Wildman–Crippen LogP) is 2.25. The summed E-state index contributed by atoms with van der Waals surface area (Å²) in [6.45, 7) is 0.723. The van der Waals surface area contributed by atoms with Crippen molar-refractivity contribution in [2.24, 2.45) is 0 Å². The summed E-state index contributed by atoms with van der Waals surface area (Å²) in [6, 6.07) is 3.44. The Balaban J connectivity index is 2.24. The van der Waals surface area contributed by atoms with Gasteiger partial charge in [-0.3, -0.25) is 0 Å². The summed E-state index contributed by atoms with van der Waals surface area (Å²) in [5, 5.41) is 8.69.